The van der Waals surface area contributed by atoms with Gasteiger partial charge in [-0.2, -0.15) is 0 Å². The summed E-state index contributed by atoms with van der Waals surface area (Å²) in [5, 5.41) is 0. The van der Waals surface area contributed by atoms with Crippen LogP contribution in [0, 0.1) is 11.8 Å². The standard InChI is InChI=1S/C24H42O2/c1-3-19-25-22-15-11-12-16-24(26-20-4-2)23(18-17-22)21-13-9-7-5-6-8-10-14-21/h3-4,21-24H,1-2,5-20H2. The Hall–Kier alpha value is -0.600. The second kappa shape index (κ2) is 13.6. The van der Waals surface area contributed by atoms with Crippen LogP contribution in [-0.4, -0.2) is 25.4 Å². The van der Waals surface area contributed by atoms with Gasteiger partial charge in [0, 0.05) is 0 Å². The monoisotopic (exact) mass is 362 g/mol. The van der Waals surface area contributed by atoms with Crippen molar-refractivity contribution in [3.8, 4) is 0 Å². The summed E-state index contributed by atoms with van der Waals surface area (Å²) in [6.45, 7) is 9.08. The van der Waals surface area contributed by atoms with Crippen molar-refractivity contribution in [2.45, 2.75) is 102 Å². The van der Waals surface area contributed by atoms with Crippen LogP contribution < -0.4 is 0 Å². The van der Waals surface area contributed by atoms with Crippen molar-refractivity contribution in [2.75, 3.05) is 13.2 Å². The Kier molecular flexibility index (Phi) is 11.3. The SMILES string of the molecule is C=CCOC1CCCCC(OCC=C)C(C2CCCCCCCC2)CC1. The van der Waals surface area contributed by atoms with Crippen LogP contribution >= 0.6 is 0 Å². The predicted molar refractivity (Wildman–Crippen MR) is 111 cm³/mol. The molecule has 2 aliphatic carbocycles. The van der Waals surface area contributed by atoms with Crippen molar-refractivity contribution in [3.05, 3.63) is 25.3 Å². The molecule has 0 aromatic heterocycles. The van der Waals surface area contributed by atoms with Crippen LogP contribution in [0.1, 0.15) is 89.9 Å². The van der Waals surface area contributed by atoms with E-state index < -0.39 is 0 Å². The van der Waals surface area contributed by atoms with Crippen LogP contribution in [0.3, 0.4) is 0 Å². The molecular formula is C24H42O2. The number of ether oxygens (including phenoxy) is 2. The lowest BCUT2D eigenvalue weighted by atomic mass is 9.77. The van der Waals surface area contributed by atoms with Crippen LogP contribution in [0.25, 0.3) is 0 Å². The molecule has 0 aliphatic heterocycles. The first-order valence-electron chi connectivity index (χ1n) is 11.3. The van der Waals surface area contributed by atoms with Crippen molar-refractivity contribution in [1.29, 1.82) is 0 Å². The lowest BCUT2D eigenvalue weighted by molar-refractivity contribution is -0.0118. The Bertz CT molecular complexity index is 368. The Morgan fingerprint density at radius 3 is 1.88 bits per heavy atom. The fourth-order valence-corrected chi connectivity index (χ4v) is 5.04. The average molecular weight is 363 g/mol. The largest absolute Gasteiger partial charge is 0.374 e. The third-order valence-electron chi connectivity index (χ3n) is 6.45. The van der Waals surface area contributed by atoms with Crippen molar-refractivity contribution >= 4 is 0 Å². The van der Waals surface area contributed by atoms with Crippen LogP contribution in [0.5, 0.6) is 0 Å². The minimum atomic E-state index is 0.407. The third-order valence-corrected chi connectivity index (χ3v) is 6.45. The van der Waals surface area contributed by atoms with Gasteiger partial charge in [-0.3, -0.25) is 0 Å². The lowest BCUT2D eigenvalue weighted by Crippen LogP contribution is -2.31. The Balaban J connectivity index is 2.05. The summed E-state index contributed by atoms with van der Waals surface area (Å²) in [5.74, 6) is 1.53. The van der Waals surface area contributed by atoms with Gasteiger partial charge in [-0.05, 0) is 37.5 Å². The molecule has 0 amide bonds. The highest BCUT2D eigenvalue weighted by Gasteiger charge is 2.31. The molecular weight excluding hydrogens is 320 g/mol. The molecule has 2 nitrogen and oxygen atoms in total. The second-order valence-electron chi connectivity index (χ2n) is 8.39. The molecule has 2 heteroatoms. The molecule has 0 aromatic carbocycles. The molecule has 0 saturated heterocycles. The number of hydrogen-bond donors (Lipinski definition) is 0. The fraction of sp³-hybridized carbons (Fsp3) is 0.833. The van der Waals surface area contributed by atoms with E-state index in [4.69, 9.17) is 9.47 Å². The molecule has 0 heterocycles. The van der Waals surface area contributed by atoms with E-state index in [1.54, 1.807) is 0 Å². The Morgan fingerprint density at radius 2 is 1.19 bits per heavy atom. The van der Waals surface area contributed by atoms with Crippen LogP contribution in [-0.2, 0) is 9.47 Å². The van der Waals surface area contributed by atoms with Crippen LogP contribution in [0.2, 0.25) is 0 Å². The van der Waals surface area contributed by atoms with Gasteiger partial charge >= 0.3 is 0 Å². The first-order chi connectivity index (χ1) is 12.8. The number of rotatable bonds is 7. The van der Waals surface area contributed by atoms with Gasteiger partial charge in [0.05, 0.1) is 25.4 Å². The molecule has 2 aliphatic rings. The summed E-state index contributed by atoms with van der Waals surface area (Å²) in [4.78, 5) is 0. The molecule has 150 valence electrons. The topological polar surface area (TPSA) is 18.5 Å². The minimum absolute atomic E-state index is 0.407. The molecule has 3 atom stereocenters. The van der Waals surface area contributed by atoms with E-state index in [1.165, 1.54) is 89.9 Å². The minimum Gasteiger partial charge on any atom is -0.374 e. The summed E-state index contributed by atoms with van der Waals surface area (Å²) in [6, 6.07) is 0. The first kappa shape index (κ1) is 21.7. The van der Waals surface area contributed by atoms with Crippen LogP contribution in [0.15, 0.2) is 25.3 Å². The third kappa shape index (κ3) is 7.96. The van der Waals surface area contributed by atoms with E-state index in [-0.39, 0.29) is 0 Å². The van der Waals surface area contributed by atoms with Gasteiger partial charge in [0.15, 0.2) is 0 Å². The van der Waals surface area contributed by atoms with Crippen molar-refractivity contribution in [2.24, 2.45) is 11.8 Å². The van der Waals surface area contributed by atoms with Gasteiger partial charge in [-0.1, -0.05) is 76.4 Å². The zero-order valence-corrected chi connectivity index (χ0v) is 17.0. The zero-order valence-electron chi connectivity index (χ0n) is 17.0. The fourth-order valence-electron chi connectivity index (χ4n) is 5.04. The van der Waals surface area contributed by atoms with Crippen molar-refractivity contribution < 1.29 is 9.47 Å². The van der Waals surface area contributed by atoms with Gasteiger partial charge in [-0.25, -0.2) is 0 Å². The van der Waals surface area contributed by atoms with E-state index in [2.05, 4.69) is 13.2 Å². The summed E-state index contributed by atoms with van der Waals surface area (Å²) < 4.78 is 12.4. The molecule has 0 aromatic rings. The molecule has 2 rings (SSSR count). The molecule has 0 bridgehead atoms. The second-order valence-corrected chi connectivity index (χ2v) is 8.39. The van der Waals surface area contributed by atoms with Gasteiger partial charge in [-0.15, -0.1) is 13.2 Å². The maximum absolute atomic E-state index is 6.33. The zero-order chi connectivity index (χ0) is 18.5. The van der Waals surface area contributed by atoms with E-state index in [0.29, 0.717) is 31.3 Å². The molecule has 2 saturated carbocycles. The van der Waals surface area contributed by atoms with Crippen molar-refractivity contribution in [3.63, 3.8) is 0 Å². The van der Waals surface area contributed by atoms with Gasteiger partial charge < -0.3 is 9.47 Å². The first-order valence-corrected chi connectivity index (χ1v) is 11.3. The summed E-state index contributed by atoms with van der Waals surface area (Å²) in [7, 11) is 0. The molecule has 26 heavy (non-hydrogen) atoms. The highest BCUT2D eigenvalue weighted by molar-refractivity contribution is 4.83. The normalized spacial score (nSPS) is 30.1. The smallest absolute Gasteiger partial charge is 0.0648 e. The summed E-state index contributed by atoms with van der Waals surface area (Å²) in [6.07, 6.45) is 23.3. The molecule has 0 N–H and O–H groups in total. The average Bonchev–Trinajstić information content (AvgIpc) is 2.85. The molecule has 2 fully saturated rings. The Labute approximate surface area is 162 Å². The van der Waals surface area contributed by atoms with E-state index >= 15 is 0 Å². The predicted octanol–water partition coefficient (Wildman–Crippen LogP) is 6.85. The van der Waals surface area contributed by atoms with E-state index in [0.717, 1.165) is 5.92 Å². The van der Waals surface area contributed by atoms with E-state index in [1.807, 2.05) is 12.2 Å². The highest BCUT2D eigenvalue weighted by atomic mass is 16.5. The summed E-state index contributed by atoms with van der Waals surface area (Å²) >= 11 is 0. The molecule has 0 radical (unpaired) electrons. The van der Waals surface area contributed by atoms with Crippen molar-refractivity contribution in [1.82, 2.24) is 0 Å². The molecule has 3 unspecified atom stereocenters. The van der Waals surface area contributed by atoms with Gasteiger partial charge in [0.1, 0.15) is 0 Å². The maximum Gasteiger partial charge on any atom is 0.0648 e. The lowest BCUT2D eigenvalue weighted by Gasteiger charge is -2.34. The highest BCUT2D eigenvalue weighted by Crippen LogP contribution is 2.37. The van der Waals surface area contributed by atoms with Gasteiger partial charge in [0.2, 0.25) is 0 Å². The molecule has 0 spiro atoms. The van der Waals surface area contributed by atoms with E-state index in [9.17, 15) is 0 Å². The number of hydrogen-bond acceptors (Lipinski definition) is 2. The van der Waals surface area contributed by atoms with Gasteiger partial charge in [0.25, 0.3) is 0 Å². The Morgan fingerprint density at radius 1 is 0.615 bits per heavy atom. The summed E-state index contributed by atoms with van der Waals surface area (Å²) in [5.41, 5.74) is 0. The van der Waals surface area contributed by atoms with Crippen LogP contribution in [0.4, 0.5) is 0 Å². The quantitative estimate of drug-likeness (QED) is 0.461. The maximum atomic E-state index is 6.33.